The number of fused-ring (bicyclic) bond motifs is 1. The number of anilines is 1. The Kier molecular flexibility index (Phi) is 4.73. The Balaban J connectivity index is 1.74. The van der Waals surface area contributed by atoms with Crippen molar-refractivity contribution >= 4 is 17.4 Å². The number of aryl methyl sites for hydroxylation is 2. The number of nitrogens with one attached hydrogen (secondary N) is 1. The average Bonchev–Trinajstić information content (AvgIpc) is 3.12. The van der Waals surface area contributed by atoms with E-state index in [0.717, 1.165) is 11.6 Å². The molecule has 0 radical (unpaired) electrons. The van der Waals surface area contributed by atoms with E-state index >= 15 is 0 Å². The van der Waals surface area contributed by atoms with Gasteiger partial charge >= 0.3 is 6.18 Å². The lowest BCUT2D eigenvalue weighted by Gasteiger charge is -2.10. The van der Waals surface area contributed by atoms with Crippen LogP contribution in [-0.2, 0) is 6.18 Å². The Labute approximate surface area is 169 Å². The van der Waals surface area contributed by atoms with Gasteiger partial charge in [-0.15, -0.1) is 0 Å². The number of alkyl halides is 3. The van der Waals surface area contributed by atoms with E-state index in [1.54, 1.807) is 13.0 Å². The van der Waals surface area contributed by atoms with E-state index in [1.807, 2.05) is 13.0 Å². The summed E-state index contributed by atoms with van der Waals surface area (Å²) >= 11 is 0. The summed E-state index contributed by atoms with van der Waals surface area (Å²) in [5.41, 5.74) is 1.35. The fourth-order valence-electron chi connectivity index (χ4n) is 3.21. The molecule has 0 aliphatic carbocycles. The lowest BCUT2D eigenvalue weighted by molar-refractivity contribution is -0.137. The molecule has 0 atom stereocenters. The Morgan fingerprint density at radius 1 is 1.07 bits per heavy atom. The van der Waals surface area contributed by atoms with Gasteiger partial charge in [0.15, 0.2) is 5.65 Å². The third kappa shape index (κ3) is 3.73. The molecule has 1 aromatic carbocycles. The van der Waals surface area contributed by atoms with Crippen LogP contribution in [0, 0.1) is 13.8 Å². The molecule has 0 spiro atoms. The van der Waals surface area contributed by atoms with Crippen LogP contribution in [0.25, 0.3) is 16.9 Å². The molecule has 0 bridgehead atoms. The van der Waals surface area contributed by atoms with E-state index in [4.69, 9.17) is 0 Å². The highest BCUT2D eigenvalue weighted by Gasteiger charge is 2.34. The van der Waals surface area contributed by atoms with Crippen LogP contribution < -0.4 is 5.32 Å². The van der Waals surface area contributed by atoms with Gasteiger partial charge in [0.2, 0.25) is 0 Å². The molecule has 0 aliphatic heterocycles. The van der Waals surface area contributed by atoms with Crippen LogP contribution >= 0.6 is 0 Å². The van der Waals surface area contributed by atoms with Gasteiger partial charge in [0.1, 0.15) is 11.5 Å². The van der Waals surface area contributed by atoms with E-state index in [1.165, 1.54) is 41.0 Å². The number of rotatable bonds is 3. The predicted molar refractivity (Wildman–Crippen MR) is 105 cm³/mol. The van der Waals surface area contributed by atoms with Crippen molar-refractivity contribution < 1.29 is 18.0 Å². The van der Waals surface area contributed by atoms with Crippen molar-refractivity contribution in [3.05, 3.63) is 77.2 Å². The highest BCUT2D eigenvalue weighted by atomic mass is 19.4. The third-order valence-electron chi connectivity index (χ3n) is 4.44. The quantitative estimate of drug-likeness (QED) is 0.531. The summed E-state index contributed by atoms with van der Waals surface area (Å²) in [6, 6.07) is 11.6. The summed E-state index contributed by atoms with van der Waals surface area (Å²) in [4.78, 5) is 21.0. The van der Waals surface area contributed by atoms with E-state index in [0.29, 0.717) is 11.3 Å². The first kappa shape index (κ1) is 19.6. The van der Waals surface area contributed by atoms with Crippen LogP contribution in [0.5, 0.6) is 0 Å². The van der Waals surface area contributed by atoms with Gasteiger partial charge in [-0.05, 0) is 43.7 Å². The first-order chi connectivity index (χ1) is 14.2. The van der Waals surface area contributed by atoms with Gasteiger partial charge in [0.05, 0.1) is 11.3 Å². The summed E-state index contributed by atoms with van der Waals surface area (Å²) in [5.74, 6) is -0.191. The smallest absolute Gasteiger partial charge is 0.305 e. The molecule has 4 aromatic rings. The normalized spacial score (nSPS) is 11.6. The van der Waals surface area contributed by atoms with Crippen molar-refractivity contribution in [1.29, 1.82) is 0 Å². The zero-order chi connectivity index (χ0) is 21.5. The van der Waals surface area contributed by atoms with Crippen LogP contribution in [0.4, 0.5) is 19.0 Å². The standard InChI is InChI=1S/C21H16F3N5O/c1-12-9-13(2)26-17(10-12)20(30)27-18-7-8-25-19-11-16(28-29(18)19)14-5-3-4-6-15(14)21(22,23)24/h3-11H,1-2H3,(H,27,30). The summed E-state index contributed by atoms with van der Waals surface area (Å²) < 4.78 is 41.4. The van der Waals surface area contributed by atoms with Crippen molar-refractivity contribution in [2.24, 2.45) is 0 Å². The van der Waals surface area contributed by atoms with Crippen LogP contribution in [0.15, 0.2) is 54.7 Å². The molecule has 9 heteroatoms. The fourth-order valence-corrected chi connectivity index (χ4v) is 3.21. The minimum Gasteiger partial charge on any atom is -0.305 e. The number of carbonyl (C=O) groups is 1. The van der Waals surface area contributed by atoms with E-state index in [-0.39, 0.29) is 22.8 Å². The Bertz CT molecular complexity index is 1240. The first-order valence-corrected chi connectivity index (χ1v) is 9.00. The van der Waals surface area contributed by atoms with Crippen molar-refractivity contribution in [3.8, 4) is 11.3 Å². The number of hydrogen-bond donors (Lipinski definition) is 1. The van der Waals surface area contributed by atoms with Crippen LogP contribution in [0.3, 0.4) is 0 Å². The van der Waals surface area contributed by atoms with Gasteiger partial charge in [-0.25, -0.2) is 9.97 Å². The maximum Gasteiger partial charge on any atom is 0.417 e. The number of carbonyl (C=O) groups excluding carboxylic acids is 1. The zero-order valence-corrected chi connectivity index (χ0v) is 16.0. The van der Waals surface area contributed by atoms with Crippen LogP contribution in [0.2, 0.25) is 0 Å². The Morgan fingerprint density at radius 2 is 1.83 bits per heavy atom. The fraction of sp³-hybridized carbons (Fsp3) is 0.143. The summed E-state index contributed by atoms with van der Waals surface area (Å²) in [7, 11) is 0. The van der Waals surface area contributed by atoms with E-state index in [2.05, 4.69) is 20.4 Å². The molecular weight excluding hydrogens is 395 g/mol. The van der Waals surface area contributed by atoms with E-state index in [9.17, 15) is 18.0 Å². The molecule has 6 nitrogen and oxygen atoms in total. The number of pyridine rings is 1. The maximum atomic E-state index is 13.4. The second kappa shape index (κ2) is 7.25. The summed E-state index contributed by atoms with van der Waals surface area (Å²) in [5, 5.41) is 6.96. The minimum atomic E-state index is -4.52. The van der Waals surface area contributed by atoms with Gasteiger partial charge < -0.3 is 5.32 Å². The van der Waals surface area contributed by atoms with Crippen molar-refractivity contribution in [2.75, 3.05) is 5.32 Å². The van der Waals surface area contributed by atoms with Gasteiger partial charge in [-0.3, -0.25) is 4.79 Å². The SMILES string of the molecule is Cc1cc(C)nc(C(=O)Nc2ccnc3cc(-c4ccccc4C(F)(F)F)nn23)c1. The lowest BCUT2D eigenvalue weighted by Crippen LogP contribution is -2.17. The maximum absolute atomic E-state index is 13.4. The predicted octanol–water partition coefficient (Wildman–Crippen LogP) is 4.68. The molecule has 0 saturated heterocycles. The van der Waals surface area contributed by atoms with Crippen molar-refractivity contribution in [3.63, 3.8) is 0 Å². The molecule has 152 valence electrons. The molecule has 30 heavy (non-hydrogen) atoms. The Hall–Kier alpha value is -3.75. The van der Waals surface area contributed by atoms with Crippen LogP contribution in [0.1, 0.15) is 27.3 Å². The monoisotopic (exact) mass is 411 g/mol. The lowest BCUT2D eigenvalue weighted by atomic mass is 10.0. The number of aromatic nitrogens is 4. The number of amides is 1. The van der Waals surface area contributed by atoms with E-state index < -0.39 is 17.6 Å². The molecule has 3 heterocycles. The number of halogens is 3. The summed E-state index contributed by atoms with van der Waals surface area (Å²) in [6.45, 7) is 3.64. The molecule has 0 aliphatic rings. The molecule has 0 unspecified atom stereocenters. The van der Waals surface area contributed by atoms with Crippen molar-refractivity contribution in [2.45, 2.75) is 20.0 Å². The second-order valence-electron chi connectivity index (χ2n) is 6.80. The number of hydrogen-bond acceptors (Lipinski definition) is 4. The highest BCUT2D eigenvalue weighted by Crippen LogP contribution is 2.36. The molecule has 0 fully saturated rings. The topological polar surface area (TPSA) is 72.2 Å². The van der Waals surface area contributed by atoms with Gasteiger partial charge in [0, 0.05) is 23.5 Å². The first-order valence-electron chi connectivity index (χ1n) is 9.00. The molecule has 3 aromatic heterocycles. The van der Waals surface area contributed by atoms with Crippen LogP contribution in [-0.4, -0.2) is 25.5 Å². The Morgan fingerprint density at radius 3 is 2.57 bits per heavy atom. The molecular formula is C21H16F3N5O. The largest absolute Gasteiger partial charge is 0.417 e. The summed E-state index contributed by atoms with van der Waals surface area (Å²) in [6.07, 6.45) is -3.08. The molecule has 0 saturated carbocycles. The molecule has 4 rings (SSSR count). The second-order valence-corrected chi connectivity index (χ2v) is 6.80. The minimum absolute atomic E-state index is 0.0660. The number of nitrogens with zero attached hydrogens (tertiary/aromatic N) is 4. The van der Waals surface area contributed by atoms with Crippen molar-refractivity contribution in [1.82, 2.24) is 19.6 Å². The third-order valence-corrected chi connectivity index (χ3v) is 4.44. The number of benzene rings is 1. The van der Waals surface area contributed by atoms with Gasteiger partial charge in [-0.1, -0.05) is 18.2 Å². The molecule has 1 N–H and O–H groups in total. The van der Waals surface area contributed by atoms with Gasteiger partial charge in [0.25, 0.3) is 5.91 Å². The highest BCUT2D eigenvalue weighted by molar-refractivity contribution is 6.02. The average molecular weight is 411 g/mol. The molecule has 1 amide bonds. The van der Waals surface area contributed by atoms with Gasteiger partial charge in [-0.2, -0.15) is 22.8 Å². The zero-order valence-electron chi connectivity index (χ0n) is 16.0.